The number of methoxy groups -OCH3 is 1. The first kappa shape index (κ1) is 22.2. The highest BCUT2D eigenvalue weighted by Crippen LogP contribution is 2.35. The summed E-state index contributed by atoms with van der Waals surface area (Å²) in [5.41, 5.74) is 3.23. The van der Waals surface area contributed by atoms with E-state index in [4.69, 9.17) is 16.3 Å². The molecule has 1 N–H and O–H groups in total. The highest BCUT2D eigenvalue weighted by atomic mass is 35.5. The van der Waals surface area contributed by atoms with E-state index in [0.29, 0.717) is 17.5 Å². The van der Waals surface area contributed by atoms with Gasteiger partial charge in [-0.3, -0.25) is 0 Å². The maximum Gasteiger partial charge on any atom is 0.322 e. The first-order valence-electron chi connectivity index (χ1n) is 11.1. The van der Waals surface area contributed by atoms with Gasteiger partial charge >= 0.3 is 6.03 Å². The number of nitrogens with zero attached hydrogens (tertiary/aromatic N) is 1. The molecule has 32 heavy (non-hydrogen) atoms. The van der Waals surface area contributed by atoms with E-state index in [2.05, 4.69) is 35.6 Å². The summed E-state index contributed by atoms with van der Waals surface area (Å²) in [6.45, 7) is 0.560. The van der Waals surface area contributed by atoms with Crippen molar-refractivity contribution >= 4 is 23.3 Å². The van der Waals surface area contributed by atoms with Gasteiger partial charge in [-0.15, -0.1) is 0 Å². The van der Waals surface area contributed by atoms with Crippen LogP contribution in [0.4, 0.5) is 10.5 Å². The Morgan fingerprint density at radius 2 is 1.59 bits per heavy atom. The predicted molar refractivity (Wildman–Crippen MR) is 130 cm³/mol. The van der Waals surface area contributed by atoms with Crippen LogP contribution in [0.15, 0.2) is 78.9 Å². The number of rotatable bonds is 6. The first-order valence-corrected chi connectivity index (χ1v) is 11.5. The number of carbonyl (C=O) groups excluding carboxylic acids is 1. The highest BCUT2D eigenvalue weighted by molar-refractivity contribution is 6.30. The molecule has 2 amide bonds. The van der Waals surface area contributed by atoms with Crippen molar-refractivity contribution in [3.05, 3.63) is 95.0 Å². The summed E-state index contributed by atoms with van der Waals surface area (Å²) in [6, 6.07) is 26.0. The Morgan fingerprint density at radius 1 is 0.938 bits per heavy atom. The summed E-state index contributed by atoms with van der Waals surface area (Å²) in [6.07, 6.45) is 4.15. The van der Waals surface area contributed by atoms with E-state index < -0.39 is 0 Å². The zero-order valence-corrected chi connectivity index (χ0v) is 19.1. The number of ether oxygens (including phenoxy) is 1. The largest absolute Gasteiger partial charge is 0.497 e. The van der Waals surface area contributed by atoms with Crippen LogP contribution in [-0.2, 0) is 6.54 Å². The molecule has 3 aromatic carbocycles. The van der Waals surface area contributed by atoms with Gasteiger partial charge in [-0.05, 0) is 79.1 Å². The van der Waals surface area contributed by atoms with E-state index >= 15 is 0 Å². The molecule has 0 heterocycles. The quantitative estimate of drug-likeness (QED) is 0.436. The molecule has 0 radical (unpaired) electrons. The number of anilines is 1. The normalized spacial score (nSPS) is 18.1. The zero-order valence-electron chi connectivity index (χ0n) is 18.3. The molecular weight excluding hydrogens is 420 g/mol. The van der Waals surface area contributed by atoms with Crippen LogP contribution in [-0.4, -0.2) is 24.1 Å². The van der Waals surface area contributed by atoms with Crippen molar-refractivity contribution in [3.8, 4) is 5.75 Å². The first-order chi connectivity index (χ1) is 15.6. The summed E-state index contributed by atoms with van der Waals surface area (Å²) in [5.74, 6) is 1.38. The molecule has 0 atom stereocenters. The van der Waals surface area contributed by atoms with Gasteiger partial charge < -0.3 is 15.0 Å². The molecule has 0 saturated heterocycles. The van der Waals surface area contributed by atoms with Crippen molar-refractivity contribution in [3.63, 3.8) is 0 Å². The van der Waals surface area contributed by atoms with Gasteiger partial charge in [0, 0.05) is 23.3 Å². The van der Waals surface area contributed by atoms with Gasteiger partial charge in [0.2, 0.25) is 0 Å². The lowest BCUT2D eigenvalue weighted by molar-refractivity contribution is 0.158. The smallest absolute Gasteiger partial charge is 0.322 e. The second-order valence-corrected chi connectivity index (χ2v) is 8.77. The molecular formula is C27H29ClN2O2. The van der Waals surface area contributed by atoms with E-state index in [0.717, 1.165) is 42.7 Å². The van der Waals surface area contributed by atoms with Crippen LogP contribution in [0.2, 0.25) is 5.02 Å². The standard InChI is InChI=1S/C27H29ClN2O2/c1-32-26-17-7-20(8-18-26)19-30(27(31)29-24-13-11-23(28)12-14-24)25-15-9-22(10-16-25)21-5-3-2-4-6-21/h2-8,11-14,17-18,22,25H,9-10,15-16,19H2,1H3,(H,29,31)/t22-,25-. The lowest BCUT2D eigenvalue weighted by Gasteiger charge is -2.37. The molecule has 4 nitrogen and oxygen atoms in total. The summed E-state index contributed by atoms with van der Waals surface area (Å²) < 4.78 is 5.28. The molecule has 0 spiro atoms. The van der Waals surface area contributed by atoms with Crippen molar-refractivity contribution < 1.29 is 9.53 Å². The molecule has 166 valence electrons. The van der Waals surface area contributed by atoms with Crippen LogP contribution >= 0.6 is 11.6 Å². The average Bonchev–Trinajstić information content (AvgIpc) is 2.85. The Labute approximate surface area is 195 Å². The molecule has 1 fully saturated rings. The Morgan fingerprint density at radius 3 is 2.22 bits per heavy atom. The van der Waals surface area contributed by atoms with Gasteiger partial charge in [0.15, 0.2) is 0 Å². The summed E-state index contributed by atoms with van der Waals surface area (Å²) in [7, 11) is 1.66. The van der Waals surface area contributed by atoms with Gasteiger partial charge in [0.1, 0.15) is 5.75 Å². The monoisotopic (exact) mass is 448 g/mol. The molecule has 3 aromatic rings. The molecule has 1 aliphatic carbocycles. The van der Waals surface area contributed by atoms with E-state index in [1.165, 1.54) is 5.56 Å². The fourth-order valence-corrected chi connectivity index (χ4v) is 4.59. The fraction of sp³-hybridized carbons (Fsp3) is 0.296. The van der Waals surface area contributed by atoms with E-state index in [1.54, 1.807) is 19.2 Å². The van der Waals surface area contributed by atoms with Crippen molar-refractivity contribution in [1.82, 2.24) is 4.90 Å². The van der Waals surface area contributed by atoms with Gasteiger partial charge in [0.25, 0.3) is 0 Å². The number of hydrogen-bond donors (Lipinski definition) is 1. The van der Waals surface area contributed by atoms with Gasteiger partial charge in [0.05, 0.1) is 7.11 Å². The number of benzene rings is 3. The van der Waals surface area contributed by atoms with Crippen molar-refractivity contribution in [2.24, 2.45) is 0 Å². The second kappa shape index (κ2) is 10.6. The average molecular weight is 449 g/mol. The molecule has 0 aliphatic heterocycles. The van der Waals surface area contributed by atoms with Crippen LogP contribution in [0, 0.1) is 0 Å². The third kappa shape index (κ3) is 5.63. The Bertz CT molecular complexity index is 998. The van der Waals surface area contributed by atoms with E-state index in [-0.39, 0.29) is 12.1 Å². The van der Waals surface area contributed by atoms with Gasteiger partial charge in [-0.1, -0.05) is 54.1 Å². The molecule has 1 aliphatic rings. The van der Waals surface area contributed by atoms with Crippen LogP contribution in [0.25, 0.3) is 0 Å². The van der Waals surface area contributed by atoms with Gasteiger partial charge in [-0.25, -0.2) is 4.79 Å². The number of urea groups is 1. The van der Waals surface area contributed by atoms with Crippen molar-refractivity contribution in [2.75, 3.05) is 12.4 Å². The van der Waals surface area contributed by atoms with Crippen LogP contribution in [0.5, 0.6) is 5.75 Å². The lowest BCUT2D eigenvalue weighted by atomic mass is 9.81. The Kier molecular flexibility index (Phi) is 7.33. The summed E-state index contributed by atoms with van der Waals surface area (Å²) in [4.78, 5) is 15.3. The molecule has 0 bridgehead atoms. The maximum absolute atomic E-state index is 13.3. The topological polar surface area (TPSA) is 41.6 Å². The summed E-state index contributed by atoms with van der Waals surface area (Å²) in [5, 5.41) is 3.71. The molecule has 0 unspecified atom stereocenters. The SMILES string of the molecule is COc1ccc(CN(C(=O)Nc2ccc(Cl)cc2)[C@H]2CC[C@H](c3ccccc3)CC2)cc1. The summed E-state index contributed by atoms with van der Waals surface area (Å²) >= 11 is 6.00. The second-order valence-electron chi connectivity index (χ2n) is 8.33. The van der Waals surface area contributed by atoms with E-state index in [9.17, 15) is 4.79 Å². The zero-order chi connectivity index (χ0) is 22.3. The van der Waals surface area contributed by atoms with Crippen LogP contribution in [0.1, 0.15) is 42.7 Å². The third-order valence-corrected chi connectivity index (χ3v) is 6.53. The molecule has 0 aromatic heterocycles. The molecule has 4 rings (SSSR count). The minimum absolute atomic E-state index is 0.0775. The van der Waals surface area contributed by atoms with Crippen molar-refractivity contribution in [1.29, 1.82) is 0 Å². The fourth-order valence-electron chi connectivity index (χ4n) is 4.47. The predicted octanol–water partition coefficient (Wildman–Crippen LogP) is 7.11. The lowest BCUT2D eigenvalue weighted by Crippen LogP contribution is -2.44. The van der Waals surface area contributed by atoms with Crippen LogP contribution < -0.4 is 10.1 Å². The number of carbonyl (C=O) groups is 1. The molecule has 1 saturated carbocycles. The minimum atomic E-state index is -0.0775. The number of halogens is 1. The molecule has 5 heteroatoms. The number of hydrogen-bond acceptors (Lipinski definition) is 2. The van der Waals surface area contributed by atoms with Crippen molar-refractivity contribution in [2.45, 2.75) is 44.2 Å². The Hall–Kier alpha value is -2.98. The third-order valence-electron chi connectivity index (χ3n) is 6.28. The maximum atomic E-state index is 13.3. The highest BCUT2D eigenvalue weighted by Gasteiger charge is 2.29. The number of nitrogens with one attached hydrogen (secondary N) is 1. The Balaban J connectivity index is 1.48. The van der Waals surface area contributed by atoms with E-state index in [1.807, 2.05) is 41.3 Å². The minimum Gasteiger partial charge on any atom is -0.497 e. The number of amides is 2. The van der Waals surface area contributed by atoms with Gasteiger partial charge in [-0.2, -0.15) is 0 Å². The van der Waals surface area contributed by atoms with Crippen LogP contribution in [0.3, 0.4) is 0 Å².